The molecule has 1 saturated heterocycles. The maximum Gasteiger partial charge on any atom is 0.251 e. The van der Waals surface area contributed by atoms with Gasteiger partial charge in [0.25, 0.3) is 11.5 Å². The van der Waals surface area contributed by atoms with Crippen LogP contribution in [-0.4, -0.2) is 41.5 Å². The lowest BCUT2D eigenvalue weighted by atomic mass is 9.83. The molecule has 2 unspecified atom stereocenters. The fourth-order valence-corrected chi connectivity index (χ4v) is 6.30. The number of carbonyl (C=O) groups excluding carboxylic acids is 1. The smallest absolute Gasteiger partial charge is 0.251 e. The number of aromatic nitrogens is 1. The van der Waals surface area contributed by atoms with E-state index in [1.165, 1.54) is 0 Å². The van der Waals surface area contributed by atoms with E-state index >= 15 is 0 Å². The van der Waals surface area contributed by atoms with Gasteiger partial charge in [0.15, 0.2) is 5.11 Å². The fraction of sp³-hybridized carbons (Fsp3) is 0.367. The molecule has 1 aromatic heterocycles. The molecule has 1 amide bonds. The molecule has 2 aliphatic heterocycles. The third kappa shape index (κ3) is 6.31. The number of nitrogens with zero attached hydrogens (tertiary/aromatic N) is 2. The van der Waals surface area contributed by atoms with E-state index in [2.05, 4.69) is 46.0 Å². The number of thiocarbonyl (C=S) groups is 1. The predicted molar refractivity (Wildman–Crippen MR) is 166 cm³/mol. The summed E-state index contributed by atoms with van der Waals surface area (Å²) in [6, 6.07) is 19.5. The van der Waals surface area contributed by atoms with E-state index in [0.717, 1.165) is 66.5 Å². The zero-order valence-corrected chi connectivity index (χ0v) is 24.0. The molecule has 3 N–H and O–H groups in total. The largest absolute Gasteiger partial charge is 0.369 e. The van der Waals surface area contributed by atoms with Gasteiger partial charge in [-0.25, -0.2) is 0 Å². The van der Waals surface area contributed by atoms with Crippen LogP contribution in [0.5, 0.6) is 0 Å². The third-order valence-corrected chi connectivity index (χ3v) is 8.40. The molecule has 2 aromatic carbocycles. The van der Waals surface area contributed by atoms with Crippen molar-refractivity contribution in [2.75, 3.05) is 41.4 Å². The first-order chi connectivity index (χ1) is 18.9. The average molecular weight is 562 g/mol. The molecule has 2 bridgehead atoms. The molecule has 0 saturated carbocycles. The molecule has 7 nitrogen and oxygen atoms in total. The van der Waals surface area contributed by atoms with Gasteiger partial charge in [0.1, 0.15) is 0 Å². The molecular weight excluding hydrogens is 526 g/mol. The van der Waals surface area contributed by atoms with Gasteiger partial charge in [-0.3, -0.25) is 9.59 Å². The number of rotatable bonds is 8. The number of pyridine rings is 1. The number of thioether (sulfide) groups is 1. The van der Waals surface area contributed by atoms with Crippen LogP contribution < -0.4 is 26.4 Å². The predicted octanol–water partition coefficient (Wildman–Crippen LogP) is 5.53. The molecule has 0 radical (unpaired) electrons. The molecule has 0 aliphatic carbocycles. The second-order valence-corrected chi connectivity index (χ2v) is 11.5. The number of unbranched alkanes of at least 4 members (excludes halogenated alkanes) is 1. The summed E-state index contributed by atoms with van der Waals surface area (Å²) in [5.41, 5.74) is 4.49. The number of fused-ring (bicyclic) bond motifs is 4. The van der Waals surface area contributed by atoms with Gasteiger partial charge >= 0.3 is 0 Å². The quantitative estimate of drug-likeness (QED) is 0.190. The van der Waals surface area contributed by atoms with Crippen LogP contribution >= 0.6 is 24.0 Å². The first-order valence-corrected chi connectivity index (χ1v) is 15.2. The summed E-state index contributed by atoms with van der Waals surface area (Å²) >= 11 is 7.39. The zero-order valence-electron chi connectivity index (χ0n) is 22.4. The molecule has 2 atom stereocenters. The van der Waals surface area contributed by atoms with Crippen LogP contribution in [-0.2, 0) is 6.54 Å². The van der Waals surface area contributed by atoms with Crippen LogP contribution in [0.3, 0.4) is 0 Å². The second kappa shape index (κ2) is 12.3. The van der Waals surface area contributed by atoms with Gasteiger partial charge in [0.05, 0.1) is 11.4 Å². The SMILES string of the molecule is CCCCNC(=O)c1ccc(N2CC3CC(C2)c2cccc(=O)n2C3)c(NC(=S)Nc2cccc(SC)c2)c1. The Bertz CT molecular complexity index is 1420. The lowest BCUT2D eigenvalue weighted by molar-refractivity contribution is 0.0953. The molecule has 2 aliphatic rings. The number of hydrogen-bond donors (Lipinski definition) is 3. The van der Waals surface area contributed by atoms with Crippen molar-refractivity contribution in [3.05, 3.63) is 82.3 Å². The lowest BCUT2D eigenvalue weighted by Gasteiger charge is -2.44. The molecule has 5 rings (SSSR count). The Balaban J connectivity index is 1.41. The van der Waals surface area contributed by atoms with E-state index in [9.17, 15) is 9.59 Å². The summed E-state index contributed by atoms with van der Waals surface area (Å²) in [6.07, 6.45) is 5.09. The van der Waals surface area contributed by atoms with Crippen LogP contribution in [0.25, 0.3) is 0 Å². The highest BCUT2D eigenvalue weighted by Gasteiger charge is 2.35. The van der Waals surface area contributed by atoms with Crippen molar-refractivity contribution in [2.24, 2.45) is 5.92 Å². The lowest BCUT2D eigenvalue weighted by Crippen LogP contribution is -2.47. The van der Waals surface area contributed by atoms with Crippen molar-refractivity contribution in [3.63, 3.8) is 0 Å². The monoisotopic (exact) mass is 561 g/mol. The number of piperidine rings is 1. The molecule has 204 valence electrons. The molecule has 39 heavy (non-hydrogen) atoms. The topological polar surface area (TPSA) is 78.4 Å². The highest BCUT2D eigenvalue weighted by atomic mass is 32.2. The highest BCUT2D eigenvalue weighted by molar-refractivity contribution is 7.98. The summed E-state index contributed by atoms with van der Waals surface area (Å²) in [5.74, 6) is 0.560. The Morgan fingerprint density at radius 3 is 2.72 bits per heavy atom. The summed E-state index contributed by atoms with van der Waals surface area (Å²) in [7, 11) is 0. The second-order valence-electron chi connectivity index (χ2n) is 10.3. The summed E-state index contributed by atoms with van der Waals surface area (Å²) < 4.78 is 1.95. The molecule has 9 heteroatoms. The van der Waals surface area contributed by atoms with Crippen LogP contribution in [0, 0.1) is 5.92 Å². The van der Waals surface area contributed by atoms with E-state index < -0.39 is 0 Å². The van der Waals surface area contributed by atoms with E-state index in [1.807, 2.05) is 47.2 Å². The Hall–Kier alpha value is -3.30. The number of hydrogen-bond acceptors (Lipinski definition) is 5. The molecule has 0 spiro atoms. The minimum Gasteiger partial charge on any atom is -0.369 e. The van der Waals surface area contributed by atoms with E-state index in [-0.39, 0.29) is 17.4 Å². The van der Waals surface area contributed by atoms with E-state index in [1.54, 1.807) is 17.8 Å². The first kappa shape index (κ1) is 27.3. The van der Waals surface area contributed by atoms with Crippen molar-refractivity contribution >= 4 is 52.1 Å². The van der Waals surface area contributed by atoms with E-state index in [0.29, 0.717) is 23.1 Å². The van der Waals surface area contributed by atoms with Crippen LogP contribution in [0.2, 0.25) is 0 Å². The van der Waals surface area contributed by atoms with Crippen LogP contribution in [0.4, 0.5) is 17.1 Å². The van der Waals surface area contributed by atoms with Gasteiger partial charge in [0.2, 0.25) is 0 Å². The van der Waals surface area contributed by atoms with E-state index in [4.69, 9.17) is 12.2 Å². The molecular formula is C30H35N5O2S2. The van der Waals surface area contributed by atoms with Crippen LogP contribution in [0.15, 0.2) is 70.4 Å². The number of amides is 1. The van der Waals surface area contributed by atoms with Gasteiger partial charge in [-0.05, 0) is 79.7 Å². The van der Waals surface area contributed by atoms with Crippen molar-refractivity contribution in [2.45, 2.75) is 43.5 Å². The normalized spacial score (nSPS) is 17.7. The minimum atomic E-state index is -0.0894. The third-order valence-electron chi connectivity index (χ3n) is 7.47. The summed E-state index contributed by atoms with van der Waals surface area (Å²) in [4.78, 5) is 28.9. The van der Waals surface area contributed by atoms with Gasteiger partial charge in [0, 0.05) is 60.0 Å². The van der Waals surface area contributed by atoms with Gasteiger partial charge in [-0.15, -0.1) is 11.8 Å². The maximum absolute atomic E-state index is 12.9. The minimum absolute atomic E-state index is 0.0819. The Morgan fingerprint density at radius 1 is 1.05 bits per heavy atom. The maximum atomic E-state index is 12.9. The van der Waals surface area contributed by atoms with Crippen molar-refractivity contribution in [1.29, 1.82) is 0 Å². The fourth-order valence-electron chi connectivity index (χ4n) is 5.61. The zero-order chi connectivity index (χ0) is 27.4. The van der Waals surface area contributed by atoms with Crippen molar-refractivity contribution in [3.8, 4) is 0 Å². The number of anilines is 3. The van der Waals surface area contributed by atoms with Crippen molar-refractivity contribution in [1.82, 2.24) is 9.88 Å². The highest BCUT2D eigenvalue weighted by Crippen LogP contribution is 2.39. The standard InChI is InChI=1S/C30H35N5O2S2/c1-3-4-13-31-29(37)21-11-12-27(25(15-21)33-30(38)32-23-7-5-8-24(16-23)39-2)34-17-20-14-22(19-34)26-9-6-10-28(36)35(26)18-20/h5-12,15-16,20,22H,3-4,13-14,17-19H2,1-2H3,(H,31,37)(H2,32,33,38). The van der Waals surface area contributed by atoms with Gasteiger partial charge in [-0.1, -0.05) is 25.5 Å². The summed E-state index contributed by atoms with van der Waals surface area (Å²) in [5, 5.41) is 10.2. The average Bonchev–Trinajstić information content (AvgIpc) is 2.93. The molecule has 1 fully saturated rings. The van der Waals surface area contributed by atoms with Crippen LogP contribution in [0.1, 0.15) is 48.2 Å². The number of benzene rings is 2. The Morgan fingerprint density at radius 2 is 1.90 bits per heavy atom. The Labute approximate surface area is 239 Å². The first-order valence-electron chi connectivity index (χ1n) is 13.5. The number of carbonyl (C=O) groups is 1. The number of nitrogens with one attached hydrogen (secondary N) is 3. The van der Waals surface area contributed by atoms with Gasteiger partial charge in [-0.2, -0.15) is 0 Å². The molecule has 3 aromatic rings. The Kier molecular flexibility index (Phi) is 8.57. The van der Waals surface area contributed by atoms with Crippen molar-refractivity contribution < 1.29 is 4.79 Å². The van der Waals surface area contributed by atoms with Gasteiger partial charge < -0.3 is 25.4 Å². The summed E-state index contributed by atoms with van der Waals surface area (Å²) in [6.45, 7) is 5.12. The molecule has 3 heterocycles.